The van der Waals surface area contributed by atoms with Gasteiger partial charge in [-0.05, 0) is 30.9 Å². The molecule has 1 saturated carbocycles. The standard InChI is InChI=1S/C21H17F3N10O/c22-21(23,24)12-3-1-2-10-15(12)30-18(34(19(10)35)13-6-7-28-33-13)14(9-4-5-9)29-17-11(8-25)16(26)31-20(27)32-17/h1-3,6-7,9,14H,4-5H2,(H,28,33)(H5,26,27,29,31,32). The van der Waals surface area contributed by atoms with Crippen molar-refractivity contribution in [3.05, 3.63) is 57.8 Å². The number of rotatable bonds is 5. The lowest BCUT2D eigenvalue weighted by atomic mass is 10.1. The van der Waals surface area contributed by atoms with Gasteiger partial charge in [-0.1, -0.05) is 6.07 Å². The van der Waals surface area contributed by atoms with Gasteiger partial charge >= 0.3 is 6.18 Å². The largest absolute Gasteiger partial charge is 0.418 e. The van der Waals surface area contributed by atoms with Crippen molar-refractivity contribution in [2.75, 3.05) is 16.8 Å². The first kappa shape index (κ1) is 22.1. The summed E-state index contributed by atoms with van der Waals surface area (Å²) in [4.78, 5) is 25.7. The van der Waals surface area contributed by atoms with Gasteiger partial charge in [-0.2, -0.15) is 33.5 Å². The molecule has 5 rings (SSSR count). The van der Waals surface area contributed by atoms with Crippen molar-refractivity contribution in [1.29, 1.82) is 5.26 Å². The number of nitrogens with one attached hydrogen (secondary N) is 2. The van der Waals surface area contributed by atoms with E-state index in [0.717, 1.165) is 12.1 Å². The Morgan fingerprint density at radius 1 is 1.20 bits per heavy atom. The van der Waals surface area contributed by atoms with E-state index in [-0.39, 0.29) is 46.1 Å². The molecule has 0 spiro atoms. The molecule has 1 unspecified atom stereocenters. The number of anilines is 3. The highest BCUT2D eigenvalue weighted by Gasteiger charge is 2.39. The zero-order valence-corrected chi connectivity index (χ0v) is 17.8. The van der Waals surface area contributed by atoms with E-state index in [4.69, 9.17) is 11.5 Å². The Hall–Kier alpha value is -4.67. The van der Waals surface area contributed by atoms with Crippen LogP contribution in [-0.2, 0) is 6.18 Å². The molecule has 0 radical (unpaired) electrons. The number of nitrogens with zero attached hydrogens (tertiary/aromatic N) is 6. The first-order chi connectivity index (χ1) is 16.7. The first-order valence-electron chi connectivity index (χ1n) is 10.4. The number of nitrogen functional groups attached to an aromatic ring is 2. The molecule has 1 aromatic carbocycles. The summed E-state index contributed by atoms with van der Waals surface area (Å²) in [5.74, 6) is -0.277. The van der Waals surface area contributed by atoms with Crippen LogP contribution in [0.3, 0.4) is 0 Å². The summed E-state index contributed by atoms with van der Waals surface area (Å²) in [6, 6.07) is 5.91. The second-order valence-electron chi connectivity index (χ2n) is 8.01. The number of hydrogen-bond acceptors (Lipinski definition) is 9. The highest BCUT2D eigenvalue weighted by atomic mass is 19.4. The van der Waals surface area contributed by atoms with Crippen LogP contribution in [-0.4, -0.2) is 29.7 Å². The van der Waals surface area contributed by atoms with E-state index in [1.165, 1.54) is 22.9 Å². The lowest BCUT2D eigenvalue weighted by Gasteiger charge is -2.23. The van der Waals surface area contributed by atoms with Crippen LogP contribution in [0.2, 0.25) is 0 Å². The fraction of sp³-hybridized carbons (Fsp3) is 0.238. The summed E-state index contributed by atoms with van der Waals surface area (Å²) in [6.45, 7) is 0. The van der Waals surface area contributed by atoms with Gasteiger partial charge in [0.25, 0.3) is 5.56 Å². The van der Waals surface area contributed by atoms with Gasteiger partial charge in [-0.15, -0.1) is 0 Å². The van der Waals surface area contributed by atoms with Crippen LogP contribution in [0.15, 0.2) is 35.3 Å². The lowest BCUT2D eigenvalue weighted by Crippen LogP contribution is -2.30. The van der Waals surface area contributed by atoms with Crippen LogP contribution in [0.1, 0.15) is 35.8 Å². The number of halogens is 3. The fourth-order valence-electron chi connectivity index (χ4n) is 3.95. The van der Waals surface area contributed by atoms with Crippen molar-refractivity contribution in [3.63, 3.8) is 0 Å². The van der Waals surface area contributed by atoms with Crippen molar-refractivity contribution >= 4 is 28.5 Å². The average Bonchev–Trinajstić information content (AvgIpc) is 3.50. The van der Waals surface area contributed by atoms with E-state index in [2.05, 4.69) is 30.5 Å². The van der Waals surface area contributed by atoms with E-state index in [1.807, 2.05) is 6.07 Å². The van der Waals surface area contributed by atoms with Gasteiger partial charge in [-0.3, -0.25) is 9.89 Å². The molecule has 1 fully saturated rings. The second kappa shape index (κ2) is 7.97. The van der Waals surface area contributed by atoms with Crippen LogP contribution >= 0.6 is 0 Å². The quantitative estimate of drug-likeness (QED) is 0.333. The Morgan fingerprint density at radius 3 is 2.60 bits per heavy atom. The highest BCUT2D eigenvalue weighted by Crippen LogP contribution is 2.43. The normalized spacial score (nSPS) is 14.6. The van der Waals surface area contributed by atoms with Gasteiger partial charge in [0.05, 0.1) is 28.7 Å². The number of H-pyrrole nitrogens is 1. The third-order valence-corrected chi connectivity index (χ3v) is 5.69. The minimum absolute atomic E-state index is 0.00871. The number of benzene rings is 1. The molecule has 6 N–H and O–H groups in total. The maximum atomic E-state index is 13.8. The van der Waals surface area contributed by atoms with Crippen molar-refractivity contribution in [3.8, 4) is 11.9 Å². The molecule has 1 aliphatic carbocycles. The number of aromatic nitrogens is 6. The molecule has 1 aliphatic rings. The molecule has 3 aromatic heterocycles. The molecule has 4 aromatic rings. The molecule has 35 heavy (non-hydrogen) atoms. The molecule has 0 bridgehead atoms. The highest BCUT2D eigenvalue weighted by molar-refractivity contribution is 5.82. The first-order valence-corrected chi connectivity index (χ1v) is 10.4. The molecule has 14 heteroatoms. The molecule has 0 amide bonds. The Kier molecular flexibility index (Phi) is 5.04. The van der Waals surface area contributed by atoms with Crippen molar-refractivity contribution < 1.29 is 13.2 Å². The van der Waals surface area contributed by atoms with E-state index in [1.54, 1.807) is 0 Å². The number of hydrogen-bond donors (Lipinski definition) is 4. The minimum atomic E-state index is -4.73. The van der Waals surface area contributed by atoms with E-state index in [9.17, 15) is 23.2 Å². The molecule has 0 aliphatic heterocycles. The van der Waals surface area contributed by atoms with Crippen molar-refractivity contribution in [1.82, 2.24) is 29.7 Å². The Morgan fingerprint density at radius 2 is 1.97 bits per heavy atom. The number of fused-ring (bicyclic) bond motifs is 1. The predicted octanol–water partition coefficient (Wildman–Crippen LogP) is 2.52. The Bertz CT molecular complexity index is 1530. The van der Waals surface area contributed by atoms with Crippen molar-refractivity contribution in [2.24, 2.45) is 5.92 Å². The lowest BCUT2D eigenvalue weighted by molar-refractivity contribution is -0.136. The summed E-state index contributed by atoms with van der Waals surface area (Å²) in [5, 5.41) is 18.9. The Labute approximate surface area is 194 Å². The van der Waals surface area contributed by atoms with E-state index >= 15 is 0 Å². The summed E-state index contributed by atoms with van der Waals surface area (Å²) < 4.78 is 42.6. The van der Waals surface area contributed by atoms with Gasteiger partial charge in [0.2, 0.25) is 5.95 Å². The van der Waals surface area contributed by atoms with Crippen LogP contribution < -0.4 is 22.3 Å². The topological polar surface area (TPSA) is 177 Å². The van der Waals surface area contributed by atoms with Gasteiger partial charge in [0, 0.05) is 6.07 Å². The predicted molar refractivity (Wildman–Crippen MR) is 119 cm³/mol. The summed E-state index contributed by atoms with van der Waals surface area (Å²) in [6.07, 6.45) is -1.93. The van der Waals surface area contributed by atoms with E-state index < -0.39 is 28.9 Å². The molecular formula is C21H17F3N10O. The second-order valence-corrected chi connectivity index (χ2v) is 8.01. The third kappa shape index (κ3) is 3.86. The zero-order valence-electron chi connectivity index (χ0n) is 17.8. The third-order valence-electron chi connectivity index (χ3n) is 5.69. The van der Waals surface area contributed by atoms with Gasteiger partial charge in [0.15, 0.2) is 5.82 Å². The van der Waals surface area contributed by atoms with Gasteiger partial charge in [0.1, 0.15) is 29.1 Å². The maximum absolute atomic E-state index is 13.8. The van der Waals surface area contributed by atoms with Gasteiger partial charge in [-0.25, -0.2) is 9.55 Å². The number of nitriles is 1. The summed E-state index contributed by atoms with van der Waals surface area (Å²) in [5.41, 5.74) is 9.20. The van der Waals surface area contributed by atoms with Crippen LogP contribution in [0.25, 0.3) is 16.7 Å². The average molecular weight is 482 g/mol. The van der Waals surface area contributed by atoms with E-state index in [0.29, 0.717) is 12.8 Å². The fourth-order valence-corrected chi connectivity index (χ4v) is 3.95. The number of nitrogens with two attached hydrogens (primary N) is 2. The number of para-hydroxylation sites is 1. The molecular weight excluding hydrogens is 465 g/mol. The van der Waals surface area contributed by atoms with Crippen LogP contribution in [0, 0.1) is 17.2 Å². The monoisotopic (exact) mass is 482 g/mol. The molecule has 178 valence electrons. The minimum Gasteiger partial charge on any atom is -0.382 e. The molecule has 1 atom stereocenters. The summed E-state index contributed by atoms with van der Waals surface area (Å²) in [7, 11) is 0. The SMILES string of the molecule is N#Cc1c(N)nc(N)nc1NC(c1nc2c(C(F)(F)F)cccc2c(=O)n1-c1ccn[nH]1)C1CC1. The molecule has 0 saturated heterocycles. The van der Waals surface area contributed by atoms with Crippen LogP contribution in [0.5, 0.6) is 0 Å². The summed E-state index contributed by atoms with van der Waals surface area (Å²) >= 11 is 0. The maximum Gasteiger partial charge on any atom is 0.418 e. The Balaban J connectivity index is 1.79. The van der Waals surface area contributed by atoms with Gasteiger partial charge < -0.3 is 16.8 Å². The van der Waals surface area contributed by atoms with Crippen molar-refractivity contribution in [2.45, 2.75) is 25.1 Å². The number of aromatic amines is 1. The molecule has 11 nitrogen and oxygen atoms in total. The molecule has 3 heterocycles. The zero-order chi connectivity index (χ0) is 24.9. The smallest absolute Gasteiger partial charge is 0.382 e. The van der Waals surface area contributed by atoms with Crippen LogP contribution in [0.4, 0.5) is 30.8 Å². The number of alkyl halides is 3.